The third-order valence-electron chi connectivity index (χ3n) is 3.03. The average molecular weight is 262 g/mol. The number of alkyl halides is 1. The average Bonchev–Trinajstić information content (AvgIpc) is 3.00. The van der Waals surface area contributed by atoms with E-state index in [-0.39, 0.29) is 17.4 Å². The van der Waals surface area contributed by atoms with E-state index < -0.39 is 0 Å². The van der Waals surface area contributed by atoms with E-state index in [1.165, 1.54) is 0 Å². The van der Waals surface area contributed by atoms with Crippen LogP contribution in [0.15, 0.2) is 0 Å². The van der Waals surface area contributed by atoms with Gasteiger partial charge in [0.05, 0.1) is 12.5 Å². The molecule has 3 nitrogen and oxygen atoms in total. The van der Waals surface area contributed by atoms with Crippen LogP contribution in [0.3, 0.4) is 0 Å². The summed E-state index contributed by atoms with van der Waals surface area (Å²) in [4.78, 5) is 11.8. The Labute approximate surface area is 92.7 Å². The fourth-order valence-corrected chi connectivity index (χ4v) is 2.45. The van der Waals surface area contributed by atoms with Crippen molar-refractivity contribution in [3.05, 3.63) is 0 Å². The minimum Gasteiger partial charge on any atom is -0.381 e. The summed E-state index contributed by atoms with van der Waals surface area (Å²) < 4.78 is 5.30. The molecule has 1 heterocycles. The lowest BCUT2D eigenvalue weighted by molar-refractivity contribution is -0.129. The Kier molecular flexibility index (Phi) is 3.12. The summed E-state index contributed by atoms with van der Waals surface area (Å²) in [6.45, 7) is 1.41. The quantitative estimate of drug-likeness (QED) is 0.782. The van der Waals surface area contributed by atoms with Crippen LogP contribution >= 0.6 is 15.9 Å². The minimum atomic E-state index is 0.0779. The van der Waals surface area contributed by atoms with Gasteiger partial charge >= 0.3 is 0 Å². The van der Waals surface area contributed by atoms with Crippen molar-refractivity contribution in [2.45, 2.75) is 31.2 Å². The Balaban J connectivity index is 1.82. The standard InChI is InChI=1S/C10H16BrNO2/c11-7-10(3-4-10)12-9(13)8-2-1-5-14-6-8/h8H,1-7H2,(H,12,13). The van der Waals surface area contributed by atoms with E-state index >= 15 is 0 Å². The van der Waals surface area contributed by atoms with Gasteiger partial charge in [-0.1, -0.05) is 15.9 Å². The number of halogens is 1. The fraction of sp³-hybridized carbons (Fsp3) is 0.900. The first kappa shape index (κ1) is 10.4. The second-order valence-electron chi connectivity index (χ2n) is 4.32. The first-order valence-electron chi connectivity index (χ1n) is 5.21. The second kappa shape index (κ2) is 4.19. The van der Waals surface area contributed by atoms with Gasteiger partial charge in [-0.3, -0.25) is 4.79 Å². The molecule has 1 aliphatic carbocycles. The highest BCUT2D eigenvalue weighted by Crippen LogP contribution is 2.37. The van der Waals surface area contributed by atoms with E-state index in [4.69, 9.17) is 4.74 Å². The van der Waals surface area contributed by atoms with Crippen LogP contribution in [0.4, 0.5) is 0 Å². The van der Waals surface area contributed by atoms with E-state index in [9.17, 15) is 4.79 Å². The summed E-state index contributed by atoms with van der Waals surface area (Å²) in [5.41, 5.74) is 0.0779. The number of ether oxygens (including phenoxy) is 1. The maximum Gasteiger partial charge on any atom is 0.225 e. The SMILES string of the molecule is O=C(NC1(CBr)CC1)C1CCCOC1. The second-order valence-corrected chi connectivity index (χ2v) is 4.88. The zero-order valence-electron chi connectivity index (χ0n) is 8.22. The van der Waals surface area contributed by atoms with Gasteiger partial charge in [-0.15, -0.1) is 0 Å². The van der Waals surface area contributed by atoms with Crippen LogP contribution in [-0.4, -0.2) is 30.0 Å². The van der Waals surface area contributed by atoms with Crippen LogP contribution in [0.1, 0.15) is 25.7 Å². The molecule has 1 aliphatic heterocycles. The van der Waals surface area contributed by atoms with Crippen molar-refractivity contribution < 1.29 is 9.53 Å². The number of hydrogen-bond donors (Lipinski definition) is 1. The topological polar surface area (TPSA) is 38.3 Å². The maximum absolute atomic E-state index is 11.8. The van der Waals surface area contributed by atoms with Gasteiger partial charge in [0.15, 0.2) is 0 Å². The smallest absolute Gasteiger partial charge is 0.225 e. The van der Waals surface area contributed by atoms with Gasteiger partial charge in [0.2, 0.25) is 5.91 Å². The summed E-state index contributed by atoms with van der Waals surface area (Å²) in [6.07, 6.45) is 4.21. The van der Waals surface area contributed by atoms with Crippen molar-refractivity contribution in [1.29, 1.82) is 0 Å². The lowest BCUT2D eigenvalue weighted by Crippen LogP contribution is -2.43. The van der Waals surface area contributed by atoms with Crippen molar-refractivity contribution in [2.75, 3.05) is 18.5 Å². The van der Waals surface area contributed by atoms with Gasteiger partial charge in [-0.05, 0) is 25.7 Å². The maximum atomic E-state index is 11.8. The number of carbonyl (C=O) groups excluding carboxylic acids is 1. The van der Waals surface area contributed by atoms with Gasteiger partial charge in [0.25, 0.3) is 0 Å². The Morgan fingerprint density at radius 1 is 1.57 bits per heavy atom. The molecular weight excluding hydrogens is 246 g/mol. The monoisotopic (exact) mass is 261 g/mol. The number of nitrogens with one attached hydrogen (secondary N) is 1. The molecule has 0 aromatic rings. The summed E-state index contributed by atoms with van der Waals surface area (Å²) >= 11 is 3.44. The van der Waals surface area contributed by atoms with Crippen LogP contribution in [0.5, 0.6) is 0 Å². The molecule has 0 aromatic carbocycles. The summed E-state index contributed by atoms with van der Waals surface area (Å²) in [7, 11) is 0. The molecule has 0 spiro atoms. The number of hydrogen-bond acceptors (Lipinski definition) is 2. The number of amides is 1. The van der Waals surface area contributed by atoms with E-state index in [0.717, 1.165) is 37.6 Å². The lowest BCUT2D eigenvalue weighted by Gasteiger charge is -2.24. The minimum absolute atomic E-state index is 0.0779. The third-order valence-corrected chi connectivity index (χ3v) is 4.10. The predicted octanol–water partition coefficient (Wildman–Crippen LogP) is 1.46. The molecule has 1 saturated heterocycles. The van der Waals surface area contributed by atoms with Crippen molar-refractivity contribution in [2.24, 2.45) is 5.92 Å². The van der Waals surface area contributed by atoms with Crippen LogP contribution in [0.25, 0.3) is 0 Å². The molecule has 2 rings (SSSR count). The van der Waals surface area contributed by atoms with E-state index in [2.05, 4.69) is 21.2 Å². The van der Waals surface area contributed by atoms with Crippen molar-refractivity contribution in [1.82, 2.24) is 5.32 Å². The molecule has 0 bridgehead atoms. The molecular formula is C10H16BrNO2. The Bertz CT molecular complexity index is 222. The zero-order chi connectivity index (χ0) is 10.0. The molecule has 0 aromatic heterocycles. The van der Waals surface area contributed by atoms with Crippen LogP contribution in [0.2, 0.25) is 0 Å². The van der Waals surface area contributed by atoms with Gasteiger partial charge < -0.3 is 10.1 Å². The molecule has 0 radical (unpaired) electrons. The molecule has 1 N–H and O–H groups in total. The molecule has 2 aliphatic rings. The van der Waals surface area contributed by atoms with Crippen molar-refractivity contribution >= 4 is 21.8 Å². The van der Waals surface area contributed by atoms with E-state index in [0.29, 0.717) is 6.61 Å². The zero-order valence-corrected chi connectivity index (χ0v) is 9.81. The molecule has 80 valence electrons. The first-order chi connectivity index (χ1) is 6.76. The fourth-order valence-electron chi connectivity index (χ4n) is 1.75. The van der Waals surface area contributed by atoms with Gasteiger partial charge in [-0.25, -0.2) is 0 Å². The van der Waals surface area contributed by atoms with Crippen LogP contribution < -0.4 is 5.32 Å². The molecule has 2 fully saturated rings. The number of carbonyl (C=O) groups is 1. The Morgan fingerprint density at radius 2 is 2.36 bits per heavy atom. The molecule has 14 heavy (non-hydrogen) atoms. The normalized spacial score (nSPS) is 29.6. The first-order valence-corrected chi connectivity index (χ1v) is 6.34. The molecule has 1 unspecified atom stereocenters. The molecule has 1 amide bonds. The lowest BCUT2D eigenvalue weighted by atomic mass is 10.0. The van der Waals surface area contributed by atoms with Crippen molar-refractivity contribution in [3.63, 3.8) is 0 Å². The molecule has 1 atom stereocenters. The van der Waals surface area contributed by atoms with E-state index in [1.54, 1.807) is 0 Å². The van der Waals surface area contributed by atoms with E-state index in [1.807, 2.05) is 0 Å². The van der Waals surface area contributed by atoms with Crippen LogP contribution in [-0.2, 0) is 9.53 Å². The highest BCUT2D eigenvalue weighted by Gasteiger charge is 2.43. The summed E-state index contributed by atoms with van der Waals surface area (Å²) in [5.74, 6) is 0.266. The highest BCUT2D eigenvalue weighted by atomic mass is 79.9. The van der Waals surface area contributed by atoms with Gasteiger partial charge in [0, 0.05) is 17.5 Å². The third kappa shape index (κ3) is 2.28. The van der Waals surface area contributed by atoms with Crippen molar-refractivity contribution in [3.8, 4) is 0 Å². The molecule has 4 heteroatoms. The summed E-state index contributed by atoms with van der Waals surface area (Å²) in [5, 5.41) is 4.00. The number of rotatable bonds is 3. The Morgan fingerprint density at radius 3 is 2.86 bits per heavy atom. The highest BCUT2D eigenvalue weighted by molar-refractivity contribution is 9.09. The largest absolute Gasteiger partial charge is 0.381 e. The summed E-state index contributed by atoms with van der Waals surface area (Å²) in [6, 6.07) is 0. The Hall–Kier alpha value is -0.0900. The van der Waals surface area contributed by atoms with Gasteiger partial charge in [-0.2, -0.15) is 0 Å². The predicted molar refractivity (Wildman–Crippen MR) is 57.4 cm³/mol. The molecule has 1 saturated carbocycles. The van der Waals surface area contributed by atoms with Crippen LogP contribution in [0, 0.1) is 5.92 Å². The van der Waals surface area contributed by atoms with Gasteiger partial charge in [0.1, 0.15) is 0 Å².